The summed E-state index contributed by atoms with van der Waals surface area (Å²) in [5.74, 6) is -0.902. The number of hydrogen-bond acceptors (Lipinski definition) is 5. The third-order valence-corrected chi connectivity index (χ3v) is 9.08. The monoisotopic (exact) mass is 565 g/mol. The highest BCUT2D eigenvalue weighted by Crippen LogP contribution is 2.45. The summed E-state index contributed by atoms with van der Waals surface area (Å²) in [6.45, 7) is 5.46. The smallest absolute Gasteiger partial charge is 0.355 e. The summed E-state index contributed by atoms with van der Waals surface area (Å²) >= 11 is 1.39. The molecule has 10 heteroatoms. The van der Waals surface area contributed by atoms with Crippen LogP contribution in [0.5, 0.6) is 0 Å². The van der Waals surface area contributed by atoms with E-state index in [9.17, 15) is 19.5 Å². The number of nitrogens with one attached hydrogen (secondary N) is 3. The lowest BCUT2D eigenvalue weighted by Gasteiger charge is -2.27. The van der Waals surface area contributed by atoms with Gasteiger partial charge in [0.2, 0.25) is 5.91 Å². The van der Waals surface area contributed by atoms with E-state index in [0.29, 0.717) is 30.9 Å². The zero-order chi connectivity index (χ0) is 28.2. The molecule has 1 aromatic carbocycles. The highest BCUT2D eigenvalue weighted by molar-refractivity contribution is 7.12. The molecule has 9 nitrogen and oxygen atoms in total. The second-order valence-corrected chi connectivity index (χ2v) is 12.6. The number of H-pyrrole nitrogens is 1. The SMILES string of the molecule is CC(C)CC(NC(=O)N1CCCCCC1)C(=O)NC(Cc1c[nH]c2ccccc12)c1nc(C(=O)O)c(C2CC2)s1. The van der Waals surface area contributed by atoms with Crippen LogP contribution in [-0.2, 0) is 11.2 Å². The third kappa shape index (κ3) is 6.66. The van der Waals surface area contributed by atoms with Gasteiger partial charge in [0.15, 0.2) is 5.69 Å². The van der Waals surface area contributed by atoms with E-state index in [2.05, 4.69) is 20.6 Å². The topological polar surface area (TPSA) is 127 Å². The van der Waals surface area contributed by atoms with Gasteiger partial charge in [-0.3, -0.25) is 4.79 Å². The molecule has 40 heavy (non-hydrogen) atoms. The van der Waals surface area contributed by atoms with Gasteiger partial charge >= 0.3 is 12.0 Å². The number of carbonyl (C=O) groups excluding carboxylic acids is 2. The van der Waals surface area contributed by atoms with E-state index in [-0.39, 0.29) is 29.5 Å². The molecule has 0 bridgehead atoms. The minimum absolute atomic E-state index is 0.0915. The number of para-hydroxylation sites is 1. The van der Waals surface area contributed by atoms with Crippen LogP contribution in [0.3, 0.4) is 0 Å². The number of hydrogen-bond donors (Lipinski definition) is 4. The van der Waals surface area contributed by atoms with Gasteiger partial charge in [0.05, 0.1) is 6.04 Å². The van der Waals surface area contributed by atoms with E-state index in [1.807, 2.05) is 49.2 Å². The molecule has 1 aliphatic heterocycles. The van der Waals surface area contributed by atoms with Gasteiger partial charge in [0.25, 0.3) is 0 Å². The lowest BCUT2D eigenvalue weighted by molar-refractivity contribution is -0.124. The van der Waals surface area contributed by atoms with Crippen molar-refractivity contribution in [2.45, 2.75) is 83.2 Å². The molecule has 2 aromatic heterocycles. The summed E-state index contributed by atoms with van der Waals surface area (Å²) < 4.78 is 0. The Balaban J connectivity index is 1.41. The summed E-state index contributed by atoms with van der Waals surface area (Å²) in [7, 11) is 0. The molecule has 2 aliphatic rings. The molecular formula is C30H39N5O4S. The normalized spacial score (nSPS) is 17.4. The number of likely N-dealkylation sites (tertiary alicyclic amines) is 1. The number of aromatic amines is 1. The average molecular weight is 566 g/mol. The van der Waals surface area contributed by atoms with Crippen molar-refractivity contribution in [2.75, 3.05) is 13.1 Å². The Hall–Kier alpha value is -3.40. The van der Waals surface area contributed by atoms with Crippen LogP contribution in [0.4, 0.5) is 4.79 Å². The van der Waals surface area contributed by atoms with Crippen molar-refractivity contribution in [2.24, 2.45) is 5.92 Å². The Morgan fingerprint density at radius 2 is 1.82 bits per heavy atom. The van der Waals surface area contributed by atoms with Crippen molar-refractivity contribution in [3.05, 3.63) is 51.6 Å². The number of aromatic carboxylic acids is 1. The highest BCUT2D eigenvalue weighted by atomic mass is 32.1. The number of carbonyl (C=O) groups is 3. The van der Waals surface area contributed by atoms with Crippen molar-refractivity contribution in [1.29, 1.82) is 0 Å². The molecule has 1 saturated carbocycles. The molecule has 3 amide bonds. The van der Waals surface area contributed by atoms with Crippen LogP contribution >= 0.6 is 11.3 Å². The zero-order valence-electron chi connectivity index (χ0n) is 23.2. The Morgan fingerprint density at radius 1 is 1.10 bits per heavy atom. The minimum atomic E-state index is -1.04. The number of urea groups is 1. The van der Waals surface area contributed by atoms with Crippen LogP contribution in [0.1, 0.15) is 96.7 Å². The number of fused-ring (bicyclic) bond motifs is 1. The van der Waals surface area contributed by atoms with Crippen molar-refractivity contribution >= 4 is 40.1 Å². The van der Waals surface area contributed by atoms with Gasteiger partial charge in [-0.15, -0.1) is 11.3 Å². The van der Waals surface area contributed by atoms with Crippen LogP contribution in [0.25, 0.3) is 10.9 Å². The Labute approximate surface area is 238 Å². The third-order valence-electron chi connectivity index (χ3n) is 7.75. The maximum atomic E-state index is 13.8. The summed E-state index contributed by atoms with van der Waals surface area (Å²) in [5, 5.41) is 17.7. The van der Waals surface area contributed by atoms with E-state index in [0.717, 1.165) is 59.9 Å². The standard InChI is InChI=1S/C30H39N5O4S/c1-18(2)15-23(33-30(39)35-13-7-3-4-8-14-35)27(36)32-24(16-20-17-31-22-10-6-5-9-21(20)22)28-34-25(29(37)38)26(40-28)19-11-12-19/h5-6,9-10,17-19,23-24,31H,3-4,7-8,11-16H2,1-2H3,(H,32,36)(H,33,39)(H,37,38). The molecule has 1 saturated heterocycles. The second kappa shape index (κ2) is 12.4. The lowest BCUT2D eigenvalue weighted by atomic mass is 10.0. The van der Waals surface area contributed by atoms with Crippen LogP contribution in [-0.4, -0.2) is 57.0 Å². The summed E-state index contributed by atoms with van der Waals surface area (Å²) in [5.41, 5.74) is 2.10. The number of benzene rings is 1. The number of carboxylic acids is 1. The lowest BCUT2D eigenvalue weighted by Crippen LogP contribution is -2.52. The molecule has 1 aliphatic carbocycles. The zero-order valence-corrected chi connectivity index (χ0v) is 24.1. The van der Waals surface area contributed by atoms with Crippen molar-refractivity contribution in [3.8, 4) is 0 Å². The predicted octanol–water partition coefficient (Wildman–Crippen LogP) is 5.60. The van der Waals surface area contributed by atoms with Crippen molar-refractivity contribution < 1.29 is 19.5 Å². The van der Waals surface area contributed by atoms with Crippen molar-refractivity contribution in [1.82, 2.24) is 25.5 Å². The number of carboxylic acid groups (broad SMARTS) is 1. The van der Waals surface area contributed by atoms with Gasteiger partial charge in [-0.1, -0.05) is 44.9 Å². The number of aromatic nitrogens is 2. The minimum Gasteiger partial charge on any atom is -0.476 e. The number of rotatable bonds is 10. The second-order valence-electron chi connectivity index (χ2n) is 11.5. The number of amides is 3. The first-order chi connectivity index (χ1) is 19.3. The van der Waals surface area contributed by atoms with Crippen LogP contribution in [0.15, 0.2) is 30.5 Å². The molecule has 3 aromatic rings. The molecule has 0 spiro atoms. The summed E-state index contributed by atoms with van der Waals surface area (Å²) in [4.78, 5) is 49.5. The number of nitrogens with zero attached hydrogens (tertiary/aromatic N) is 2. The number of thiazole rings is 1. The fourth-order valence-corrected chi connectivity index (χ4v) is 6.76. The quantitative estimate of drug-likeness (QED) is 0.254. The van der Waals surface area contributed by atoms with E-state index in [4.69, 9.17) is 0 Å². The molecule has 5 rings (SSSR count). The molecule has 4 N–H and O–H groups in total. The first-order valence-electron chi connectivity index (χ1n) is 14.4. The fourth-order valence-electron chi connectivity index (χ4n) is 5.48. The van der Waals surface area contributed by atoms with Gasteiger partial charge in [0, 0.05) is 41.5 Å². The van der Waals surface area contributed by atoms with E-state index in [1.165, 1.54) is 11.3 Å². The van der Waals surface area contributed by atoms with Gasteiger partial charge in [-0.25, -0.2) is 14.6 Å². The Morgan fingerprint density at radius 3 is 2.50 bits per heavy atom. The van der Waals surface area contributed by atoms with Gasteiger partial charge < -0.3 is 25.6 Å². The first-order valence-corrected chi connectivity index (χ1v) is 15.3. The molecule has 214 valence electrons. The maximum Gasteiger partial charge on any atom is 0.355 e. The molecule has 2 atom stereocenters. The highest BCUT2D eigenvalue weighted by Gasteiger charge is 2.35. The molecule has 0 radical (unpaired) electrons. The maximum absolute atomic E-state index is 13.8. The Bertz CT molecular complexity index is 1350. The van der Waals surface area contributed by atoms with Gasteiger partial charge in [-0.05, 0) is 55.6 Å². The van der Waals surface area contributed by atoms with Gasteiger partial charge in [-0.2, -0.15) is 0 Å². The predicted molar refractivity (Wildman–Crippen MR) is 156 cm³/mol. The molecular weight excluding hydrogens is 526 g/mol. The Kier molecular flexibility index (Phi) is 8.73. The van der Waals surface area contributed by atoms with Crippen LogP contribution < -0.4 is 10.6 Å². The first kappa shape index (κ1) is 28.1. The molecule has 2 unspecified atom stereocenters. The van der Waals surface area contributed by atoms with E-state index >= 15 is 0 Å². The summed E-state index contributed by atoms with van der Waals surface area (Å²) in [6, 6.07) is 6.53. The molecule has 2 fully saturated rings. The average Bonchev–Trinajstić information content (AvgIpc) is 3.63. The van der Waals surface area contributed by atoms with Crippen LogP contribution in [0.2, 0.25) is 0 Å². The largest absolute Gasteiger partial charge is 0.476 e. The van der Waals surface area contributed by atoms with Crippen molar-refractivity contribution in [3.63, 3.8) is 0 Å². The van der Waals surface area contributed by atoms with Crippen LogP contribution in [0, 0.1) is 5.92 Å². The van der Waals surface area contributed by atoms with Gasteiger partial charge in [0.1, 0.15) is 11.0 Å². The van der Waals surface area contributed by atoms with E-state index in [1.54, 1.807) is 0 Å². The molecule has 3 heterocycles. The fraction of sp³-hybridized carbons (Fsp3) is 0.533. The van der Waals surface area contributed by atoms with E-state index < -0.39 is 18.1 Å². The summed E-state index contributed by atoms with van der Waals surface area (Å²) in [6.07, 6.45) is 8.97.